The van der Waals surface area contributed by atoms with Gasteiger partial charge in [0.15, 0.2) is 6.61 Å². The lowest BCUT2D eigenvalue weighted by molar-refractivity contribution is -0.135. The summed E-state index contributed by atoms with van der Waals surface area (Å²) < 4.78 is 11.5. The zero-order valence-electron chi connectivity index (χ0n) is 12.7. The average molecular weight is 351 g/mol. The molecule has 7 heteroatoms. The Labute approximate surface area is 143 Å². The van der Waals surface area contributed by atoms with Crippen molar-refractivity contribution in [2.75, 3.05) is 6.61 Å². The molecule has 1 aromatic heterocycles. The minimum Gasteiger partial charge on any atom is -0.484 e. The van der Waals surface area contributed by atoms with Crippen molar-refractivity contribution in [1.29, 1.82) is 0 Å². The molecule has 1 aromatic carbocycles. The molecule has 0 saturated heterocycles. The molecule has 1 amide bonds. The van der Waals surface area contributed by atoms with E-state index in [1.54, 1.807) is 12.1 Å². The van der Waals surface area contributed by atoms with E-state index in [9.17, 15) is 4.79 Å². The van der Waals surface area contributed by atoms with E-state index in [4.69, 9.17) is 21.1 Å². The zero-order valence-corrected chi connectivity index (χ0v) is 14.2. The van der Waals surface area contributed by atoms with Gasteiger partial charge >= 0.3 is 0 Å². The minimum atomic E-state index is -0.516. The molecule has 0 N–H and O–H groups in total. The van der Waals surface area contributed by atoms with Crippen LogP contribution in [-0.2, 0) is 9.53 Å². The van der Waals surface area contributed by atoms with Crippen LogP contribution in [0.2, 0.25) is 5.02 Å². The maximum Gasteiger partial charge on any atom is 0.247 e. The number of aryl methyl sites for hydroxylation is 1. The first-order valence-electron chi connectivity index (χ1n) is 7.01. The summed E-state index contributed by atoms with van der Waals surface area (Å²) >= 11 is 7.44. The van der Waals surface area contributed by atoms with Crippen LogP contribution in [0.4, 0.5) is 0 Å². The number of rotatable bonds is 4. The summed E-state index contributed by atoms with van der Waals surface area (Å²) in [5, 5.41) is 8.14. The van der Waals surface area contributed by atoms with Crippen LogP contribution in [0.15, 0.2) is 40.8 Å². The van der Waals surface area contributed by atoms with Crippen LogP contribution in [0, 0.1) is 6.92 Å². The number of thiophene rings is 1. The van der Waals surface area contributed by atoms with Crippen LogP contribution in [0.1, 0.15) is 23.6 Å². The number of ether oxygens (including phenoxy) is 2. The predicted octanol–water partition coefficient (Wildman–Crippen LogP) is 3.98. The largest absolute Gasteiger partial charge is 0.484 e. The molecule has 0 aliphatic carbocycles. The monoisotopic (exact) mass is 350 g/mol. The lowest BCUT2D eigenvalue weighted by Crippen LogP contribution is -2.24. The highest BCUT2D eigenvalue weighted by Gasteiger charge is 2.33. The normalized spacial score (nSPS) is 16.9. The summed E-state index contributed by atoms with van der Waals surface area (Å²) in [5.74, 6) is 0.892. The molecule has 23 heavy (non-hydrogen) atoms. The van der Waals surface area contributed by atoms with Crippen molar-refractivity contribution in [2.45, 2.75) is 20.1 Å². The molecule has 0 spiro atoms. The lowest BCUT2D eigenvalue weighted by atomic mass is 10.2. The fourth-order valence-corrected chi connectivity index (χ4v) is 3.16. The number of hydrogen-bond donors (Lipinski definition) is 0. The molecular formula is C16H15ClN2O3S. The molecule has 1 unspecified atom stereocenters. The van der Waals surface area contributed by atoms with E-state index >= 15 is 0 Å². The molecule has 1 aliphatic rings. The van der Waals surface area contributed by atoms with Gasteiger partial charge in [-0.15, -0.1) is 16.4 Å². The van der Waals surface area contributed by atoms with Gasteiger partial charge in [-0.25, -0.2) is 0 Å². The maximum atomic E-state index is 11.8. The second kappa shape index (κ2) is 6.60. The Kier molecular flexibility index (Phi) is 4.54. The first kappa shape index (κ1) is 15.8. The maximum absolute atomic E-state index is 11.8. The van der Waals surface area contributed by atoms with Gasteiger partial charge in [0.1, 0.15) is 5.75 Å². The topological polar surface area (TPSA) is 51.1 Å². The molecular weight excluding hydrogens is 336 g/mol. The van der Waals surface area contributed by atoms with Gasteiger partial charge in [0.25, 0.3) is 0 Å². The fraction of sp³-hybridized carbons (Fsp3) is 0.250. The van der Waals surface area contributed by atoms with Crippen molar-refractivity contribution in [3.63, 3.8) is 0 Å². The van der Waals surface area contributed by atoms with Crippen molar-refractivity contribution < 1.29 is 14.3 Å². The van der Waals surface area contributed by atoms with E-state index in [1.807, 2.05) is 30.5 Å². The highest BCUT2D eigenvalue weighted by Crippen LogP contribution is 2.31. The summed E-state index contributed by atoms with van der Waals surface area (Å²) in [6.07, 6.45) is -0.516. The van der Waals surface area contributed by atoms with Crippen molar-refractivity contribution in [3.8, 4) is 5.75 Å². The van der Waals surface area contributed by atoms with Gasteiger partial charge in [0, 0.05) is 11.9 Å². The second-order valence-corrected chi connectivity index (χ2v) is 6.46. The van der Waals surface area contributed by atoms with Crippen molar-refractivity contribution in [1.82, 2.24) is 5.01 Å². The number of hydrogen-bond acceptors (Lipinski definition) is 5. The second-order valence-electron chi connectivity index (χ2n) is 5.04. The number of carbonyl (C=O) groups is 1. The Morgan fingerprint density at radius 1 is 1.48 bits per heavy atom. The van der Waals surface area contributed by atoms with Crippen LogP contribution < -0.4 is 4.74 Å². The highest BCUT2D eigenvalue weighted by molar-refractivity contribution is 7.10. The van der Waals surface area contributed by atoms with Crippen molar-refractivity contribution >= 4 is 34.7 Å². The molecule has 2 heterocycles. The van der Waals surface area contributed by atoms with E-state index in [-0.39, 0.29) is 12.5 Å². The summed E-state index contributed by atoms with van der Waals surface area (Å²) in [6, 6.07) is 9.20. The first-order valence-corrected chi connectivity index (χ1v) is 8.26. The van der Waals surface area contributed by atoms with Gasteiger partial charge in [-0.05, 0) is 42.1 Å². The van der Waals surface area contributed by atoms with E-state index in [0.717, 1.165) is 10.4 Å². The molecule has 120 valence electrons. The lowest BCUT2D eigenvalue weighted by Gasteiger charge is -2.17. The Hall–Kier alpha value is -2.05. The third-order valence-corrected chi connectivity index (χ3v) is 4.42. The van der Waals surface area contributed by atoms with Crippen LogP contribution in [0.25, 0.3) is 0 Å². The average Bonchev–Trinajstić information content (AvgIpc) is 3.15. The van der Waals surface area contributed by atoms with Gasteiger partial charge in [0.05, 0.1) is 4.88 Å². The number of nitrogens with zero attached hydrogens (tertiary/aromatic N) is 2. The molecule has 0 saturated carbocycles. The highest BCUT2D eigenvalue weighted by atomic mass is 35.5. The van der Waals surface area contributed by atoms with Crippen molar-refractivity contribution in [3.05, 3.63) is 51.2 Å². The summed E-state index contributed by atoms with van der Waals surface area (Å²) in [6.45, 7) is 3.52. The number of hydrazone groups is 1. The predicted molar refractivity (Wildman–Crippen MR) is 89.8 cm³/mol. The number of benzene rings is 1. The first-order chi connectivity index (χ1) is 11.0. The van der Waals surface area contributed by atoms with Gasteiger partial charge < -0.3 is 9.47 Å². The quantitative estimate of drug-likeness (QED) is 0.838. The van der Waals surface area contributed by atoms with Gasteiger partial charge in [-0.1, -0.05) is 17.7 Å². The van der Waals surface area contributed by atoms with Crippen LogP contribution in [0.5, 0.6) is 5.75 Å². The molecule has 5 nitrogen and oxygen atoms in total. The Bertz CT molecular complexity index is 746. The van der Waals surface area contributed by atoms with Gasteiger partial charge in [-0.2, -0.15) is 5.01 Å². The molecule has 0 fully saturated rings. The molecule has 1 atom stereocenters. The standard InChI is InChI=1S/C16H15ClN2O3S/c1-10-8-12(17)5-6-13(10)21-9-15-18-19(11(2)20)16(22-15)14-4-3-7-23-14/h3-8,16H,9H2,1-2H3. The number of amides is 1. The smallest absolute Gasteiger partial charge is 0.247 e. The third-order valence-electron chi connectivity index (χ3n) is 3.29. The Morgan fingerprint density at radius 3 is 2.96 bits per heavy atom. The van der Waals surface area contributed by atoms with E-state index in [0.29, 0.717) is 16.7 Å². The van der Waals surface area contributed by atoms with E-state index in [2.05, 4.69) is 5.10 Å². The molecule has 1 aliphatic heterocycles. The Morgan fingerprint density at radius 2 is 2.30 bits per heavy atom. The Balaban J connectivity index is 1.71. The van der Waals surface area contributed by atoms with E-state index in [1.165, 1.54) is 23.3 Å². The summed E-state index contributed by atoms with van der Waals surface area (Å²) in [5.41, 5.74) is 0.925. The summed E-state index contributed by atoms with van der Waals surface area (Å²) in [4.78, 5) is 12.7. The third kappa shape index (κ3) is 3.48. The van der Waals surface area contributed by atoms with Gasteiger partial charge in [0.2, 0.25) is 18.0 Å². The number of carbonyl (C=O) groups excluding carboxylic acids is 1. The van der Waals surface area contributed by atoms with Crippen LogP contribution in [0.3, 0.4) is 0 Å². The SMILES string of the molecule is CC(=O)N1N=C(COc2ccc(Cl)cc2C)OC1c1cccs1. The fourth-order valence-electron chi connectivity index (χ4n) is 2.20. The van der Waals surface area contributed by atoms with Gasteiger partial charge in [-0.3, -0.25) is 4.79 Å². The minimum absolute atomic E-state index is 0.147. The van der Waals surface area contributed by atoms with E-state index < -0.39 is 6.23 Å². The van der Waals surface area contributed by atoms with Crippen LogP contribution in [-0.4, -0.2) is 23.4 Å². The molecule has 3 rings (SSSR count). The molecule has 0 radical (unpaired) electrons. The zero-order chi connectivity index (χ0) is 16.4. The molecule has 0 bridgehead atoms. The summed E-state index contributed by atoms with van der Waals surface area (Å²) in [7, 11) is 0. The van der Waals surface area contributed by atoms with Crippen molar-refractivity contribution in [2.24, 2.45) is 5.10 Å². The number of halogens is 1. The van der Waals surface area contributed by atoms with Crippen LogP contribution >= 0.6 is 22.9 Å². The molecule has 2 aromatic rings.